The summed E-state index contributed by atoms with van der Waals surface area (Å²) in [5, 5.41) is 2.17. The first-order valence-electron chi connectivity index (χ1n) is 12.2. The average Bonchev–Trinajstić information content (AvgIpc) is 2.84. The largest absolute Gasteiger partial charge is 0.359 e. The number of thioether (sulfide) groups is 1. The molecule has 0 amide bonds. The minimum atomic E-state index is 0.708. The van der Waals surface area contributed by atoms with E-state index in [0.717, 1.165) is 46.5 Å². The molecule has 7 heteroatoms. The van der Waals surface area contributed by atoms with Crippen LogP contribution >= 0.6 is 11.8 Å². The maximum Gasteiger partial charge on any atom is 0.158 e. The second kappa shape index (κ2) is 11.3. The Labute approximate surface area is 207 Å². The molecule has 0 unspecified atom stereocenters. The fourth-order valence-electron chi connectivity index (χ4n) is 4.56. The van der Waals surface area contributed by atoms with Gasteiger partial charge in [0.05, 0.1) is 5.52 Å². The van der Waals surface area contributed by atoms with Crippen molar-refractivity contribution >= 4 is 40.5 Å². The van der Waals surface area contributed by atoms with Crippen molar-refractivity contribution < 1.29 is 0 Å². The zero-order valence-corrected chi connectivity index (χ0v) is 21.9. The highest BCUT2D eigenvalue weighted by Crippen LogP contribution is 2.33. The van der Waals surface area contributed by atoms with Crippen LogP contribution in [0, 0.1) is 19.8 Å². The lowest BCUT2D eigenvalue weighted by molar-refractivity contribution is 0.222. The Morgan fingerprint density at radius 3 is 2.76 bits per heavy atom. The molecular formula is C27H36N6S. The van der Waals surface area contributed by atoms with Crippen LogP contribution in [-0.4, -0.2) is 59.8 Å². The van der Waals surface area contributed by atoms with Gasteiger partial charge in [-0.1, -0.05) is 25.1 Å². The van der Waals surface area contributed by atoms with Crippen LogP contribution in [0.2, 0.25) is 0 Å². The van der Waals surface area contributed by atoms with Crippen LogP contribution in [0.3, 0.4) is 0 Å². The normalized spacial score (nSPS) is 15.4. The molecule has 180 valence electrons. The number of piperidine rings is 1. The van der Waals surface area contributed by atoms with Crippen LogP contribution in [0.5, 0.6) is 0 Å². The Hall–Kier alpha value is -2.51. The number of anilines is 1. The lowest BCUT2D eigenvalue weighted by Gasteiger charge is -2.32. The lowest BCUT2D eigenvalue weighted by Crippen LogP contribution is -2.36. The SMILES string of the molecule is CCC=Nc1ncnc(SCc2cc3cccc(C)c3nc2N(C)CC2CCN(C)CC2)c1C. The first-order chi connectivity index (χ1) is 16.5. The topological polar surface area (TPSA) is 57.5 Å². The van der Waals surface area contributed by atoms with Gasteiger partial charge in [-0.3, -0.25) is 0 Å². The molecule has 2 aromatic heterocycles. The number of fused-ring (bicyclic) bond motifs is 1. The van der Waals surface area contributed by atoms with Gasteiger partial charge in [-0.05, 0) is 70.8 Å². The van der Waals surface area contributed by atoms with E-state index < -0.39 is 0 Å². The monoisotopic (exact) mass is 476 g/mol. The quantitative estimate of drug-likeness (QED) is 0.232. The van der Waals surface area contributed by atoms with Gasteiger partial charge in [0.1, 0.15) is 17.2 Å². The van der Waals surface area contributed by atoms with Crippen molar-refractivity contribution in [3.05, 3.63) is 47.3 Å². The molecule has 0 saturated carbocycles. The predicted octanol–water partition coefficient (Wildman–Crippen LogP) is 5.82. The van der Waals surface area contributed by atoms with Crippen molar-refractivity contribution in [2.75, 3.05) is 38.6 Å². The first kappa shape index (κ1) is 24.6. The third kappa shape index (κ3) is 5.76. The number of hydrogen-bond donors (Lipinski definition) is 0. The molecule has 0 N–H and O–H groups in total. The predicted molar refractivity (Wildman–Crippen MR) is 145 cm³/mol. The van der Waals surface area contributed by atoms with Crippen LogP contribution in [0.15, 0.2) is 40.6 Å². The molecule has 0 radical (unpaired) electrons. The molecule has 1 aliphatic rings. The zero-order valence-electron chi connectivity index (χ0n) is 21.1. The maximum absolute atomic E-state index is 5.19. The number of rotatable bonds is 8. The van der Waals surface area contributed by atoms with Gasteiger partial charge in [-0.25, -0.2) is 19.9 Å². The van der Waals surface area contributed by atoms with Gasteiger partial charge in [-0.2, -0.15) is 0 Å². The van der Waals surface area contributed by atoms with E-state index in [-0.39, 0.29) is 0 Å². The Kier molecular flexibility index (Phi) is 8.16. The van der Waals surface area contributed by atoms with Gasteiger partial charge in [0.2, 0.25) is 0 Å². The van der Waals surface area contributed by atoms with E-state index in [1.54, 1.807) is 18.1 Å². The van der Waals surface area contributed by atoms with E-state index in [0.29, 0.717) is 5.92 Å². The average molecular weight is 477 g/mol. The smallest absolute Gasteiger partial charge is 0.158 e. The van der Waals surface area contributed by atoms with Crippen LogP contribution in [0.1, 0.15) is 42.9 Å². The van der Waals surface area contributed by atoms with Crippen LogP contribution in [0.4, 0.5) is 11.6 Å². The lowest BCUT2D eigenvalue weighted by atomic mass is 9.96. The molecule has 1 aromatic carbocycles. The van der Waals surface area contributed by atoms with Crippen molar-refractivity contribution in [2.45, 2.75) is 50.8 Å². The molecule has 0 spiro atoms. The maximum atomic E-state index is 5.19. The number of aromatic nitrogens is 3. The Morgan fingerprint density at radius 1 is 1.21 bits per heavy atom. The highest BCUT2D eigenvalue weighted by Gasteiger charge is 2.21. The second-order valence-corrected chi connectivity index (χ2v) is 10.3. The second-order valence-electron chi connectivity index (χ2n) is 9.38. The highest BCUT2D eigenvalue weighted by molar-refractivity contribution is 7.98. The first-order valence-corrected chi connectivity index (χ1v) is 13.2. The van der Waals surface area contributed by atoms with Gasteiger partial charge in [0, 0.05) is 42.1 Å². The van der Waals surface area contributed by atoms with E-state index in [4.69, 9.17) is 4.98 Å². The van der Waals surface area contributed by atoms with Crippen molar-refractivity contribution in [1.82, 2.24) is 19.9 Å². The molecular weight excluding hydrogens is 440 g/mol. The number of nitrogens with zero attached hydrogens (tertiary/aromatic N) is 6. The summed E-state index contributed by atoms with van der Waals surface area (Å²) < 4.78 is 0. The Balaban J connectivity index is 1.61. The van der Waals surface area contributed by atoms with E-state index in [1.165, 1.54) is 42.4 Å². The summed E-state index contributed by atoms with van der Waals surface area (Å²) in [6, 6.07) is 8.74. The number of hydrogen-bond acceptors (Lipinski definition) is 7. The van der Waals surface area contributed by atoms with E-state index in [9.17, 15) is 0 Å². The molecule has 1 aliphatic heterocycles. The van der Waals surface area contributed by atoms with Crippen molar-refractivity contribution in [3.8, 4) is 0 Å². The molecule has 0 atom stereocenters. The van der Waals surface area contributed by atoms with Crippen molar-refractivity contribution in [1.29, 1.82) is 0 Å². The van der Waals surface area contributed by atoms with Gasteiger partial charge in [0.25, 0.3) is 0 Å². The molecule has 0 aliphatic carbocycles. The third-order valence-electron chi connectivity index (χ3n) is 6.61. The van der Waals surface area contributed by atoms with Gasteiger partial charge in [0.15, 0.2) is 5.82 Å². The number of aryl methyl sites for hydroxylation is 1. The molecule has 34 heavy (non-hydrogen) atoms. The molecule has 1 saturated heterocycles. The molecule has 0 bridgehead atoms. The van der Waals surface area contributed by atoms with Crippen LogP contribution < -0.4 is 4.90 Å². The van der Waals surface area contributed by atoms with Gasteiger partial charge < -0.3 is 9.80 Å². The van der Waals surface area contributed by atoms with Crippen LogP contribution in [-0.2, 0) is 5.75 Å². The summed E-state index contributed by atoms with van der Waals surface area (Å²) in [6.45, 7) is 9.68. The Bertz CT molecular complexity index is 1150. The van der Waals surface area contributed by atoms with E-state index >= 15 is 0 Å². The summed E-state index contributed by atoms with van der Waals surface area (Å²) in [6.07, 6.45) is 6.90. The molecule has 3 heterocycles. The molecule has 4 rings (SSSR count). The summed E-state index contributed by atoms with van der Waals surface area (Å²) in [7, 11) is 4.42. The number of likely N-dealkylation sites (tertiary alicyclic amines) is 1. The number of pyridine rings is 1. The summed E-state index contributed by atoms with van der Waals surface area (Å²) >= 11 is 1.74. The number of aliphatic imine (C=N–C) groups is 1. The fraction of sp³-hybridized carbons (Fsp3) is 0.481. The minimum Gasteiger partial charge on any atom is -0.359 e. The number of benzene rings is 1. The summed E-state index contributed by atoms with van der Waals surface area (Å²) in [5.41, 5.74) is 4.59. The Morgan fingerprint density at radius 2 is 2.00 bits per heavy atom. The zero-order chi connectivity index (χ0) is 24.1. The molecule has 6 nitrogen and oxygen atoms in total. The van der Waals surface area contributed by atoms with E-state index in [2.05, 4.69) is 83.9 Å². The molecule has 3 aromatic rings. The summed E-state index contributed by atoms with van der Waals surface area (Å²) in [5.74, 6) is 3.35. The highest BCUT2D eigenvalue weighted by atomic mass is 32.2. The van der Waals surface area contributed by atoms with Crippen LogP contribution in [0.25, 0.3) is 10.9 Å². The van der Waals surface area contributed by atoms with Gasteiger partial charge in [-0.15, -0.1) is 11.8 Å². The number of para-hydroxylation sites is 1. The van der Waals surface area contributed by atoms with Crippen molar-refractivity contribution in [2.24, 2.45) is 10.9 Å². The van der Waals surface area contributed by atoms with Crippen molar-refractivity contribution in [3.63, 3.8) is 0 Å². The van der Waals surface area contributed by atoms with E-state index in [1.807, 2.05) is 6.21 Å². The standard InChI is InChI=1S/C27H36N6S/c1-6-12-28-25-20(3)27(30-18-29-25)34-17-23-15-22-9-7-8-19(2)24(22)31-26(23)33(5)16-21-10-13-32(4)14-11-21/h7-9,12,15,18,21H,6,10-11,13-14,16-17H2,1-5H3. The third-order valence-corrected chi connectivity index (χ3v) is 7.75. The molecule has 1 fully saturated rings. The fourth-order valence-corrected chi connectivity index (χ4v) is 5.49. The summed E-state index contributed by atoms with van der Waals surface area (Å²) in [4.78, 5) is 23.4. The van der Waals surface area contributed by atoms with Gasteiger partial charge >= 0.3 is 0 Å². The minimum absolute atomic E-state index is 0.708.